The molecule has 1 saturated carbocycles. The molecule has 1 aliphatic carbocycles. The summed E-state index contributed by atoms with van der Waals surface area (Å²) in [4.78, 5) is 23.8. The number of esters is 2. The van der Waals surface area contributed by atoms with E-state index in [0.29, 0.717) is 23.7 Å². The predicted octanol–water partition coefficient (Wildman–Crippen LogP) is 3.99. The lowest BCUT2D eigenvalue weighted by Crippen LogP contribution is -2.22. The molecule has 0 aliphatic heterocycles. The van der Waals surface area contributed by atoms with Crippen LogP contribution in [0.4, 0.5) is 0 Å². The Morgan fingerprint density at radius 2 is 1.64 bits per heavy atom. The van der Waals surface area contributed by atoms with Crippen LogP contribution in [0.3, 0.4) is 0 Å². The molecule has 0 radical (unpaired) electrons. The van der Waals surface area contributed by atoms with Crippen LogP contribution < -0.4 is 0 Å². The Labute approximate surface area is 131 Å². The number of hydrogen-bond donors (Lipinski definition) is 0. The van der Waals surface area contributed by atoms with Gasteiger partial charge >= 0.3 is 11.9 Å². The number of carbonyl (C=O) groups excluding carboxylic acids is 2. The van der Waals surface area contributed by atoms with Crippen LogP contribution in [0.5, 0.6) is 0 Å². The van der Waals surface area contributed by atoms with E-state index in [4.69, 9.17) is 9.47 Å². The van der Waals surface area contributed by atoms with E-state index in [0.717, 1.165) is 19.3 Å². The fourth-order valence-corrected chi connectivity index (χ4v) is 2.78. The molecule has 0 amide bonds. The Hall–Kier alpha value is -1.84. The highest BCUT2D eigenvalue weighted by Crippen LogP contribution is 2.29. The minimum absolute atomic E-state index is 0.0517. The van der Waals surface area contributed by atoms with Gasteiger partial charge in [0.2, 0.25) is 0 Å². The van der Waals surface area contributed by atoms with Gasteiger partial charge in [-0.05, 0) is 56.4 Å². The van der Waals surface area contributed by atoms with Gasteiger partial charge in [0.25, 0.3) is 0 Å². The fraction of sp³-hybridized carbons (Fsp3) is 0.556. The van der Waals surface area contributed by atoms with E-state index < -0.39 is 0 Å². The molecular weight excluding hydrogens is 280 g/mol. The highest BCUT2D eigenvalue weighted by molar-refractivity contribution is 5.93. The highest BCUT2D eigenvalue weighted by Gasteiger charge is 2.24. The van der Waals surface area contributed by atoms with Crippen LogP contribution in [0.25, 0.3) is 0 Å². The van der Waals surface area contributed by atoms with Crippen LogP contribution in [0.2, 0.25) is 0 Å². The Morgan fingerprint density at radius 3 is 2.18 bits per heavy atom. The Bertz CT molecular complexity index is 500. The molecule has 0 heterocycles. The van der Waals surface area contributed by atoms with Gasteiger partial charge in [-0.25, -0.2) is 9.59 Å². The molecule has 0 N–H and O–H groups in total. The second kappa shape index (κ2) is 7.97. The maximum absolute atomic E-state index is 12.1. The van der Waals surface area contributed by atoms with E-state index in [9.17, 15) is 9.59 Å². The van der Waals surface area contributed by atoms with Crippen molar-refractivity contribution in [1.29, 1.82) is 0 Å². The first-order valence-electron chi connectivity index (χ1n) is 8.10. The van der Waals surface area contributed by atoms with E-state index in [2.05, 4.69) is 0 Å². The van der Waals surface area contributed by atoms with Gasteiger partial charge in [-0.2, -0.15) is 0 Å². The molecule has 0 spiro atoms. The zero-order valence-corrected chi connectivity index (χ0v) is 13.3. The largest absolute Gasteiger partial charge is 0.462 e. The number of ether oxygens (including phenoxy) is 2. The van der Waals surface area contributed by atoms with Gasteiger partial charge in [-0.1, -0.05) is 19.8 Å². The maximum atomic E-state index is 12.1. The molecule has 4 heteroatoms. The van der Waals surface area contributed by atoms with Crippen molar-refractivity contribution in [3.8, 4) is 0 Å². The Morgan fingerprint density at radius 1 is 1.09 bits per heavy atom. The molecule has 1 aromatic carbocycles. The summed E-state index contributed by atoms with van der Waals surface area (Å²) in [6, 6.07) is 6.45. The van der Waals surface area contributed by atoms with Gasteiger partial charge in [0.1, 0.15) is 6.10 Å². The van der Waals surface area contributed by atoms with Gasteiger partial charge in [-0.15, -0.1) is 0 Å². The molecular formula is C18H24O4. The molecule has 1 fully saturated rings. The summed E-state index contributed by atoms with van der Waals surface area (Å²) in [5.41, 5.74) is 0.922. The van der Waals surface area contributed by atoms with Crippen molar-refractivity contribution in [3.63, 3.8) is 0 Å². The molecule has 120 valence electrons. The van der Waals surface area contributed by atoms with Crippen LogP contribution in [0.15, 0.2) is 24.3 Å². The normalized spacial score (nSPS) is 16.3. The Kier molecular flexibility index (Phi) is 5.99. The molecule has 1 unspecified atom stereocenters. The monoisotopic (exact) mass is 304 g/mol. The van der Waals surface area contributed by atoms with Crippen molar-refractivity contribution >= 4 is 11.9 Å². The first-order chi connectivity index (χ1) is 10.6. The van der Waals surface area contributed by atoms with E-state index in [1.54, 1.807) is 24.3 Å². The summed E-state index contributed by atoms with van der Waals surface area (Å²) in [5.74, 6) is -0.207. The summed E-state index contributed by atoms with van der Waals surface area (Å²) in [6.45, 7) is 4.31. The number of rotatable bonds is 6. The first-order valence-corrected chi connectivity index (χ1v) is 8.10. The maximum Gasteiger partial charge on any atom is 0.338 e. The van der Waals surface area contributed by atoms with Gasteiger partial charge in [0, 0.05) is 0 Å². The van der Waals surface area contributed by atoms with Crippen molar-refractivity contribution in [2.24, 2.45) is 5.92 Å². The van der Waals surface area contributed by atoms with E-state index in [-0.39, 0.29) is 18.0 Å². The van der Waals surface area contributed by atoms with Gasteiger partial charge in [0.15, 0.2) is 0 Å². The summed E-state index contributed by atoms with van der Waals surface area (Å²) >= 11 is 0. The highest BCUT2D eigenvalue weighted by atomic mass is 16.5. The first kappa shape index (κ1) is 16.5. The molecule has 0 saturated heterocycles. The fourth-order valence-electron chi connectivity index (χ4n) is 2.78. The zero-order valence-electron chi connectivity index (χ0n) is 13.3. The van der Waals surface area contributed by atoms with Crippen molar-refractivity contribution in [1.82, 2.24) is 0 Å². The van der Waals surface area contributed by atoms with Crippen LogP contribution in [0, 0.1) is 5.92 Å². The molecule has 2 rings (SSSR count). The van der Waals surface area contributed by atoms with Crippen LogP contribution in [-0.4, -0.2) is 24.6 Å². The number of carbonyl (C=O) groups is 2. The molecule has 1 atom stereocenters. The lowest BCUT2D eigenvalue weighted by atomic mass is 10.0. The molecule has 1 aromatic rings. The van der Waals surface area contributed by atoms with E-state index >= 15 is 0 Å². The molecule has 4 nitrogen and oxygen atoms in total. The average Bonchev–Trinajstić information content (AvgIpc) is 3.07. The smallest absolute Gasteiger partial charge is 0.338 e. The second-order valence-corrected chi connectivity index (χ2v) is 5.87. The van der Waals surface area contributed by atoms with Crippen LogP contribution in [0.1, 0.15) is 66.7 Å². The van der Waals surface area contributed by atoms with Crippen molar-refractivity contribution < 1.29 is 19.1 Å². The lowest BCUT2D eigenvalue weighted by Gasteiger charge is -2.19. The molecule has 0 bridgehead atoms. The zero-order chi connectivity index (χ0) is 15.9. The SMILES string of the molecule is CCCOC(=O)c1ccc(C(=O)OC(C)C2CCCC2)cc1. The predicted molar refractivity (Wildman–Crippen MR) is 83.9 cm³/mol. The van der Waals surface area contributed by atoms with Crippen LogP contribution in [-0.2, 0) is 9.47 Å². The topological polar surface area (TPSA) is 52.6 Å². The Balaban J connectivity index is 1.91. The van der Waals surface area contributed by atoms with Gasteiger partial charge in [0.05, 0.1) is 17.7 Å². The summed E-state index contributed by atoms with van der Waals surface area (Å²) in [5, 5.41) is 0. The minimum Gasteiger partial charge on any atom is -0.462 e. The van der Waals surface area contributed by atoms with Gasteiger partial charge in [-0.3, -0.25) is 0 Å². The third-order valence-corrected chi connectivity index (χ3v) is 4.15. The van der Waals surface area contributed by atoms with E-state index in [1.165, 1.54) is 12.8 Å². The minimum atomic E-state index is -0.360. The van der Waals surface area contributed by atoms with Crippen molar-refractivity contribution in [2.45, 2.75) is 52.1 Å². The standard InChI is InChI=1S/C18H24O4/c1-3-12-21-17(19)15-8-10-16(11-9-15)18(20)22-13(2)14-6-4-5-7-14/h8-11,13-14H,3-7,12H2,1-2H3. The third kappa shape index (κ3) is 4.33. The number of benzene rings is 1. The summed E-state index contributed by atoms with van der Waals surface area (Å²) < 4.78 is 10.6. The van der Waals surface area contributed by atoms with Crippen molar-refractivity contribution in [2.75, 3.05) is 6.61 Å². The van der Waals surface area contributed by atoms with Crippen molar-refractivity contribution in [3.05, 3.63) is 35.4 Å². The molecule has 0 aromatic heterocycles. The lowest BCUT2D eigenvalue weighted by molar-refractivity contribution is 0.0203. The van der Waals surface area contributed by atoms with Gasteiger partial charge < -0.3 is 9.47 Å². The second-order valence-electron chi connectivity index (χ2n) is 5.87. The van der Waals surface area contributed by atoms with E-state index in [1.807, 2.05) is 13.8 Å². The summed E-state index contributed by atoms with van der Waals surface area (Å²) in [7, 11) is 0. The number of hydrogen-bond acceptors (Lipinski definition) is 4. The molecule has 22 heavy (non-hydrogen) atoms. The molecule has 1 aliphatic rings. The quantitative estimate of drug-likeness (QED) is 0.746. The average molecular weight is 304 g/mol. The third-order valence-electron chi connectivity index (χ3n) is 4.15. The van der Waals surface area contributed by atoms with Crippen LogP contribution >= 0.6 is 0 Å². The summed E-state index contributed by atoms with van der Waals surface area (Å²) in [6.07, 6.45) is 5.45.